The molecule has 0 unspecified atom stereocenters. The number of carbonyl (C=O) groups is 3. The second-order valence-corrected chi connectivity index (χ2v) is 5.03. The first kappa shape index (κ1) is 18.2. The first-order chi connectivity index (χ1) is 11.9. The summed E-state index contributed by atoms with van der Waals surface area (Å²) in [6, 6.07) is 0. The van der Waals surface area contributed by atoms with Crippen LogP contribution >= 0.6 is 0 Å². The Hall–Kier alpha value is -3.10. The van der Waals surface area contributed by atoms with Gasteiger partial charge >= 0.3 is 17.9 Å². The molecule has 1 aromatic rings. The first-order valence-corrected chi connectivity index (χ1v) is 7.60. The number of hydrogen-bond acceptors (Lipinski definition) is 7. The summed E-state index contributed by atoms with van der Waals surface area (Å²) in [6.07, 6.45) is 4.58. The van der Waals surface area contributed by atoms with Crippen LogP contribution in [-0.2, 0) is 35.6 Å². The minimum atomic E-state index is -0.982. The average molecular weight is 350 g/mol. The van der Waals surface area contributed by atoms with Gasteiger partial charge in [0.25, 0.3) is 0 Å². The molecule has 0 bridgehead atoms. The van der Waals surface area contributed by atoms with E-state index < -0.39 is 41.4 Å². The van der Waals surface area contributed by atoms with E-state index in [4.69, 9.17) is 9.47 Å². The predicted octanol–water partition coefficient (Wildman–Crippen LogP) is -1.18. The molecule has 0 saturated carbocycles. The highest BCUT2D eigenvalue weighted by molar-refractivity contribution is 6.23. The number of rotatable bonds is 6. The predicted molar refractivity (Wildman–Crippen MR) is 80.1 cm³/mol. The zero-order valence-corrected chi connectivity index (χ0v) is 14.1. The van der Waals surface area contributed by atoms with Gasteiger partial charge in [-0.05, 0) is 13.8 Å². The van der Waals surface area contributed by atoms with Crippen LogP contribution in [0.15, 0.2) is 35.6 Å². The van der Waals surface area contributed by atoms with Crippen molar-refractivity contribution in [3.63, 3.8) is 0 Å². The molecule has 1 aliphatic rings. The van der Waals surface area contributed by atoms with Crippen molar-refractivity contribution in [1.29, 1.82) is 0 Å². The van der Waals surface area contributed by atoms with Crippen molar-refractivity contribution in [3.05, 3.63) is 35.6 Å². The van der Waals surface area contributed by atoms with Crippen LogP contribution in [0.5, 0.6) is 0 Å². The van der Waals surface area contributed by atoms with Gasteiger partial charge in [-0.3, -0.25) is 0 Å². The van der Waals surface area contributed by atoms with E-state index in [1.165, 1.54) is 17.1 Å². The molecule has 0 amide bonds. The van der Waals surface area contributed by atoms with E-state index in [2.05, 4.69) is 4.74 Å². The first-order valence-electron chi connectivity index (χ1n) is 7.60. The van der Waals surface area contributed by atoms with Crippen LogP contribution in [0.3, 0.4) is 0 Å². The van der Waals surface area contributed by atoms with Crippen LogP contribution in [0.2, 0.25) is 0 Å². The van der Waals surface area contributed by atoms with Crippen LogP contribution in [0.25, 0.3) is 5.70 Å². The van der Waals surface area contributed by atoms with Crippen molar-refractivity contribution >= 4 is 23.6 Å². The third kappa shape index (κ3) is 3.70. The monoisotopic (exact) mass is 350 g/mol. The minimum absolute atomic E-state index is 0.00554. The Morgan fingerprint density at radius 3 is 2.40 bits per heavy atom. The van der Waals surface area contributed by atoms with Crippen LogP contribution in [0, 0.1) is 0 Å². The van der Waals surface area contributed by atoms with E-state index in [0.717, 1.165) is 0 Å². The van der Waals surface area contributed by atoms with Crippen molar-refractivity contribution in [3.8, 4) is 0 Å². The SMILES string of the molecule is CCOC(=O)/C(C1=C([O-])COC1=O)=C(\C(=O)OCC)n1cc[n+](C)c1. The lowest BCUT2D eigenvalue weighted by molar-refractivity contribution is -0.670. The summed E-state index contributed by atoms with van der Waals surface area (Å²) in [5, 5.41) is 12.1. The van der Waals surface area contributed by atoms with Crippen LogP contribution in [-0.4, -0.2) is 42.3 Å². The number of ether oxygens (including phenoxy) is 3. The van der Waals surface area contributed by atoms with E-state index in [1.54, 1.807) is 31.7 Å². The second-order valence-electron chi connectivity index (χ2n) is 5.03. The van der Waals surface area contributed by atoms with Gasteiger partial charge in [-0.15, -0.1) is 0 Å². The molecule has 0 atom stereocenters. The molecule has 2 heterocycles. The number of esters is 3. The maximum Gasteiger partial charge on any atom is 0.379 e. The Kier molecular flexibility index (Phi) is 5.58. The molecule has 25 heavy (non-hydrogen) atoms. The third-order valence-electron chi connectivity index (χ3n) is 3.28. The van der Waals surface area contributed by atoms with Crippen molar-refractivity contribution < 1.29 is 38.3 Å². The van der Waals surface area contributed by atoms with Gasteiger partial charge in [0.1, 0.15) is 24.6 Å². The summed E-state index contributed by atoms with van der Waals surface area (Å²) in [6.45, 7) is 2.70. The molecule has 0 aliphatic carbocycles. The summed E-state index contributed by atoms with van der Waals surface area (Å²) >= 11 is 0. The van der Waals surface area contributed by atoms with Gasteiger partial charge in [-0.2, -0.15) is 4.57 Å². The summed E-state index contributed by atoms with van der Waals surface area (Å²) in [7, 11) is 1.70. The number of cyclic esters (lactones) is 1. The minimum Gasteiger partial charge on any atom is -0.873 e. The van der Waals surface area contributed by atoms with Crippen molar-refractivity contribution in [1.82, 2.24) is 4.57 Å². The van der Waals surface area contributed by atoms with Crippen molar-refractivity contribution in [2.24, 2.45) is 7.05 Å². The normalized spacial score (nSPS) is 14.9. The number of nitrogens with zero attached hydrogens (tertiary/aromatic N) is 2. The van der Waals surface area contributed by atoms with Gasteiger partial charge in [0.2, 0.25) is 12.0 Å². The lowest BCUT2D eigenvalue weighted by atomic mass is 10.0. The largest absolute Gasteiger partial charge is 0.873 e. The molecule has 0 spiro atoms. The fourth-order valence-electron chi connectivity index (χ4n) is 2.27. The zero-order valence-electron chi connectivity index (χ0n) is 14.1. The van der Waals surface area contributed by atoms with E-state index in [1.807, 2.05) is 0 Å². The lowest BCUT2D eigenvalue weighted by Crippen LogP contribution is -2.26. The van der Waals surface area contributed by atoms with E-state index >= 15 is 0 Å². The van der Waals surface area contributed by atoms with Gasteiger partial charge in [0.15, 0.2) is 0 Å². The van der Waals surface area contributed by atoms with Gasteiger partial charge in [-0.25, -0.2) is 19.0 Å². The fraction of sp³-hybridized carbons (Fsp3) is 0.375. The molecule has 9 heteroatoms. The number of aryl methyl sites for hydroxylation is 1. The second kappa shape index (κ2) is 7.65. The van der Waals surface area contributed by atoms with Crippen LogP contribution in [0.4, 0.5) is 0 Å². The summed E-state index contributed by atoms with van der Waals surface area (Å²) in [4.78, 5) is 36.9. The molecule has 0 radical (unpaired) electrons. The number of imidazole rings is 1. The Balaban J connectivity index is 2.77. The molecular formula is C16H18N2O7. The number of carbonyl (C=O) groups excluding carboxylic acids is 3. The quantitative estimate of drug-likeness (QED) is 0.275. The molecular weight excluding hydrogens is 332 g/mol. The van der Waals surface area contributed by atoms with Gasteiger partial charge < -0.3 is 19.3 Å². The molecule has 134 valence electrons. The smallest absolute Gasteiger partial charge is 0.379 e. The Morgan fingerprint density at radius 2 is 1.92 bits per heavy atom. The molecule has 1 aliphatic heterocycles. The van der Waals surface area contributed by atoms with E-state index in [0.29, 0.717) is 0 Å². The number of aromatic nitrogens is 2. The van der Waals surface area contributed by atoms with Gasteiger partial charge in [-0.1, -0.05) is 5.76 Å². The highest BCUT2D eigenvalue weighted by Crippen LogP contribution is 2.27. The molecule has 0 fully saturated rings. The fourth-order valence-corrected chi connectivity index (χ4v) is 2.27. The molecule has 2 rings (SSSR count). The maximum absolute atomic E-state index is 12.5. The lowest BCUT2D eigenvalue weighted by Gasteiger charge is -2.13. The third-order valence-corrected chi connectivity index (χ3v) is 3.28. The highest BCUT2D eigenvalue weighted by atomic mass is 16.6. The summed E-state index contributed by atoms with van der Waals surface area (Å²) in [5.74, 6) is -3.54. The topological polar surface area (TPSA) is 111 Å². The Labute approximate surface area is 143 Å². The van der Waals surface area contributed by atoms with E-state index in [-0.39, 0.29) is 18.9 Å². The Morgan fingerprint density at radius 1 is 1.28 bits per heavy atom. The maximum atomic E-state index is 12.5. The molecule has 0 N–H and O–H groups in total. The van der Waals surface area contributed by atoms with Gasteiger partial charge in [0.05, 0.1) is 25.8 Å². The molecule has 9 nitrogen and oxygen atoms in total. The highest BCUT2D eigenvalue weighted by Gasteiger charge is 2.37. The average Bonchev–Trinajstić information content (AvgIpc) is 3.11. The zero-order chi connectivity index (χ0) is 18.6. The molecule has 0 aromatic carbocycles. The summed E-state index contributed by atoms with van der Waals surface area (Å²) in [5.41, 5.74) is -1.27. The van der Waals surface area contributed by atoms with Crippen molar-refractivity contribution in [2.75, 3.05) is 19.8 Å². The van der Waals surface area contributed by atoms with Crippen molar-refractivity contribution in [2.45, 2.75) is 13.8 Å². The van der Waals surface area contributed by atoms with Crippen LogP contribution in [0.1, 0.15) is 13.8 Å². The van der Waals surface area contributed by atoms with Gasteiger partial charge in [0, 0.05) is 0 Å². The van der Waals surface area contributed by atoms with Crippen LogP contribution < -0.4 is 9.67 Å². The standard InChI is InChI=1S/C16H18N2O7/c1-4-23-15(21)12(11-10(19)8-25-14(11)20)13(16(22)24-5-2)18-7-6-17(3)9-18/h6-7,9H,4-5,8H2,1-3H3. The van der Waals surface area contributed by atoms with E-state index in [9.17, 15) is 19.5 Å². The molecule has 0 saturated heterocycles. The number of hydrogen-bond donors (Lipinski definition) is 0. The summed E-state index contributed by atoms with van der Waals surface area (Å²) < 4.78 is 17.5. The Bertz CT molecular complexity index is 773. The molecule has 1 aromatic heterocycles.